The molecule has 1 aliphatic rings. The lowest BCUT2D eigenvalue weighted by Crippen LogP contribution is -2.28. The number of hydrogen-bond donors (Lipinski definition) is 0. The molecule has 0 amide bonds. The van der Waals surface area contributed by atoms with Crippen molar-refractivity contribution in [2.45, 2.75) is 25.5 Å². The summed E-state index contributed by atoms with van der Waals surface area (Å²) in [5, 5.41) is 1.14. The molecule has 94 valence electrons. The van der Waals surface area contributed by atoms with Crippen LogP contribution in [0.3, 0.4) is 0 Å². The Morgan fingerprint density at radius 2 is 2.29 bits per heavy atom. The molecule has 5 heteroatoms. The van der Waals surface area contributed by atoms with Crippen LogP contribution in [0.4, 0.5) is 0 Å². The highest BCUT2D eigenvalue weighted by molar-refractivity contribution is 6.32. The molecular weight excluding hydrogens is 259 g/mol. The maximum Gasteiger partial charge on any atom is 0.129 e. The van der Waals surface area contributed by atoms with Gasteiger partial charge in [-0.1, -0.05) is 23.2 Å². The number of aromatic nitrogens is 1. The summed E-state index contributed by atoms with van der Waals surface area (Å²) in [6.45, 7) is 2.48. The van der Waals surface area contributed by atoms with Crippen molar-refractivity contribution in [3.63, 3.8) is 0 Å². The van der Waals surface area contributed by atoms with E-state index in [0.717, 1.165) is 31.7 Å². The third kappa shape index (κ3) is 3.81. The molecule has 0 bridgehead atoms. The quantitative estimate of drug-likeness (QED) is 0.790. The van der Waals surface area contributed by atoms with Crippen LogP contribution in [-0.2, 0) is 11.3 Å². The molecule has 1 aromatic rings. The molecule has 1 unspecified atom stereocenters. The summed E-state index contributed by atoms with van der Waals surface area (Å²) >= 11 is 11.9. The molecule has 2 rings (SSSR count). The van der Waals surface area contributed by atoms with E-state index in [9.17, 15) is 0 Å². The van der Waals surface area contributed by atoms with Gasteiger partial charge in [0.25, 0.3) is 0 Å². The van der Waals surface area contributed by atoms with Crippen LogP contribution in [0.1, 0.15) is 18.5 Å². The fourth-order valence-electron chi connectivity index (χ4n) is 2.02. The van der Waals surface area contributed by atoms with E-state index in [1.807, 2.05) is 7.05 Å². The van der Waals surface area contributed by atoms with Crippen molar-refractivity contribution in [1.29, 1.82) is 0 Å². The van der Waals surface area contributed by atoms with Gasteiger partial charge in [0, 0.05) is 19.7 Å². The molecule has 0 spiro atoms. The van der Waals surface area contributed by atoms with Crippen LogP contribution in [-0.4, -0.2) is 36.2 Å². The van der Waals surface area contributed by atoms with Crippen molar-refractivity contribution in [2.75, 3.05) is 20.2 Å². The number of ether oxygens (including phenoxy) is 1. The Labute approximate surface area is 112 Å². The van der Waals surface area contributed by atoms with Crippen LogP contribution in [0.25, 0.3) is 0 Å². The molecule has 17 heavy (non-hydrogen) atoms. The van der Waals surface area contributed by atoms with E-state index in [-0.39, 0.29) is 0 Å². The smallest absolute Gasteiger partial charge is 0.129 e. The number of pyridine rings is 1. The first-order chi connectivity index (χ1) is 8.15. The SMILES string of the molecule is CN(Cc1nc(Cl)ccc1Cl)CC1CCCO1. The second-order valence-electron chi connectivity index (χ2n) is 4.39. The van der Waals surface area contributed by atoms with Crippen molar-refractivity contribution in [3.05, 3.63) is 28.0 Å². The zero-order valence-corrected chi connectivity index (χ0v) is 11.3. The fourth-order valence-corrected chi connectivity index (χ4v) is 2.35. The summed E-state index contributed by atoms with van der Waals surface area (Å²) in [5.74, 6) is 0. The van der Waals surface area contributed by atoms with Gasteiger partial charge in [-0.2, -0.15) is 0 Å². The largest absolute Gasteiger partial charge is 0.377 e. The van der Waals surface area contributed by atoms with Gasteiger partial charge in [0.2, 0.25) is 0 Å². The topological polar surface area (TPSA) is 25.4 Å². The molecule has 1 atom stereocenters. The van der Waals surface area contributed by atoms with E-state index < -0.39 is 0 Å². The van der Waals surface area contributed by atoms with Crippen molar-refractivity contribution >= 4 is 23.2 Å². The molecule has 1 aliphatic heterocycles. The van der Waals surface area contributed by atoms with E-state index in [2.05, 4.69) is 9.88 Å². The van der Waals surface area contributed by atoms with Crippen LogP contribution in [0.2, 0.25) is 10.2 Å². The predicted octanol–water partition coefficient (Wildman–Crippen LogP) is 3.00. The maximum absolute atomic E-state index is 6.08. The van der Waals surface area contributed by atoms with Crippen molar-refractivity contribution in [2.24, 2.45) is 0 Å². The van der Waals surface area contributed by atoms with Gasteiger partial charge in [-0.25, -0.2) is 4.98 Å². The molecule has 2 heterocycles. The van der Waals surface area contributed by atoms with E-state index in [4.69, 9.17) is 27.9 Å². The van der Waals surface area contributed by atoms with Crippen LogP contribution >= 0.6 is 23.2 Å². The molecule has 1 saturated heterocycles. The molecule has 0 aromatic carbocycles. The van der Waals surface area contributed by atoms with E-state index in [1.165, 1.54) is 0 Å². The minimum atomic E-state index is 0.345. The zero-order chi connectivity index (χ0) is 12.3. The van der Waals surface area contributed by atoms with Gasteiger partial charge >= 0.3 is 0 Å². The van der Waals surface area contributed by atoms with Gasteiger partial charge in [0.1, 0.15) is 5.15 Å². The Morgan fingerprint density at radius 3 is 3.00 bits per heavy atom. The summed E-state index contributed by atoms with van der Waals surface area (Å²) in [6.07, 6.45) is 2.65. The van der Waals surface area contributed by atoms with Crippen molar-refractivity contribution in [1.82, 2.24) is 9.88 Å². The first-order valence-corrected chi connectivity index (χ1v) is 6.52. The molecule has 3 nitrogen and oxygen atoms in total. The molecule has 0 radical (unpaired) electrons. The number of halogens is 2. The molecule has 1 fully saturated rings. The Morgan fingerprint density at radius 1 is 1.47 bits per heavy atom. The second-order valence-corrected chi connectivity index (χ2v) is 5.19. The summed E-state index contributed by atoms with van der Waals surface area (Å²) in [7, 11) is 2.04. The zero-order valence-electron chi connectivity index (χ0n) is 9.83. The number of nitrogens with zero attached hydrogens (tertiary/aromatic N) is 2. The van der Waals surface area contributed by atoms with Crippen LogP contribution in [0.5, 0.6) is 0 Å². The Balaban J connectivity index is 1.92. The van der Waals surface area contributed by atoms with Gasteiger partial charge in [-0.3, -0.25) is 4.90 Å². The van der Waals surface area contributed by atoms with Crippen LogP contribution < -0.4 is 0 Å². The molecule has 0 aliphatic carbocycles. The monoisotopic (exact) mass is 274 g/mol. The van der Waals surface area contributed by atoms with Crippen LogP contribution in [0, 0.1) is 0 Å². The van der Waals surface area contributed by atoms with Crippen molar-refractivity contribution < 1.29 is 4.74 Å². The molecule has 0 saturated carbocycles. The number of rotatable bonds is 4. The van der Waals surface area contributed by atoms with Gasteiger partial charge in [-0.15, -0.1) is 0 Å². The highest BCUT2D eigenvalue weighted by atomic mass is 35.5. The summed E-state index contributed by atoms with van der Waals surface area (Å²) in [4.78, 5) is 6.41. The molecule has 1 aromatic heterocycles. The van der Waals surface area contributed by atoms with Gasteiger partial charge < -0.3 is 4.74 Å². The first-order valence-electron chi connectivity index (χ1n) is 5.76. The predicted molar refractivity (Wildman–Crippen MR) is 69.6 cm³/mol. The minimum absolute atomic E-state index is 0.345. The average molecular weight is 275 g/mol. The lowest BCUT2D eigenvalue weighted by Gasteiger charge is -2.20. The normalized spacial score (nSPS) is 20.1. The van der Waals surface area contributed by atoms with Crippen molar-refractivity contribution in [3.8, 4) is 0 Å². The Bertz CT molecular complexity index is 381. The number of likely N-dealkylation sites (N-methyl/N-ethyl adjacent to an activating group) is 1. The highest BCUT2D eigenvalue weighted by Crippen LogP contribution is 2.19. The highest BCUT2D eigenvalue weighted by Gasteiger charge is 2.18. The van der Waals surface area contributed by atoms with Gasteiger partial charge in [-0.05, 0) is 32.0 Å². The maximum atomic E-state index is 6.08. The lowest BCUT2D eigenvalue weighted by molar-refractivity contribution is 0.0790. The summed E-state index contributed by atoms with van der Waals surface area (Å²) in [6, 6.07) is 3.49. The average Bonchev–Trinajstić information content (AvgIpc) is 2.76. The summed E-state index contributed by atoms with van der Waals surface area (Å²) < 4.78 is 5.59. The van der Waals surface area contributed by atoms with Crippen LogP contribution in [0.15, 0.2) is 12.1 Å². The fraction of sp³-hybridized carbons (Fsp3) is 0.583. The van der Waals surface area contributed by atoms with E-state index in [0.29, 0.717) is 22.8 Å². The second kappa shape index (κ2) is 6.01. The minimum Gasteiger partial charge on any atom is -0.377 e. The molecule has 0 N–H and O–H groups in total. The van der Waals surface area contributed by atoms with Gasteiger partial charge in [0.15, 0.2) is 0 Å². The third-order valence-corrected chi connectivity index (χ3v) is 3.40. The Hall–Kier alpha value is -0.350. The lowest BCUT2D eigenvalue weighted by atomic mass is 10.2. The molecular formula is C12H16Cl2N2O. The van der Waals surface area contributed by atoms with E-state index in [1.54, 1.807) is 12.1 Å². The number of hydrogen-bond acceptors (Lipinski definition) is 3. The summed E-state index contributed by atoms with van der Waals surface area (Å²) in [5.41, 5.74) is 0.819. The third-order valence-electron chi connectivity index (χ3n) is 2.84. The Kier molecular flexibility index (Phi) is 4.62. The van der Waals surface area contributed by atoms with E-state index >= 15 is 0 Å². The van der Waals surface area contributed by atoms with Gasteiger partial charge in [0.05, 0.1) is 16.8 Å². The first kappa shape index (κ1) is 13.1. The standard InChI is InChI=1S/C12H16Cl2N2O/c1-16(7-9-3-2-6-17-9)8-11-10(13)4-5-12(14)15-11/h4-5,9H,2-3,6-8H2,1H3.